The first kappa shape index (κ1) is 15.7. The van der Waals surface area contributed by atoms with Gasteiger partial charge in [0.05, 0.1) is 18.4 Å². The number of sulfonamides is 1. The monoisotopic (exact) mass is 312 g/mol. The normalized spacial score (nSPS) is 11.9. The second-order valence-corrected chi connectivity index (χ2v) is 6.47. The summed E-state index contributed by atoms with van der Waals surface area (Å²) < 4.78 is 30.1. The fraction of sp³-hybridized carbons (Fsp3) is 0.500. The van der Waals surface area contributed by atoms with Crippen molar-refractivity contribution in [2.75, 3.05) is 13.6 Å². The number of nitrogens with zero attached hydrogens (tertiary/aromatic N) is 4. The molecule has 0 atom stereocenters. The van der Waals surface area contributed by atoms with Crippen molar-refractivity contribution >= 4 is 10.0 Å². The van der Waals surface area contributed by atoms with Gasteiger partial charge in [0, 0.05) is 26.0 Å². The molecule has 2 heterocycles. The summed E-state index contributed by atoms with van der Waals surface area (Å²) in [5.41, 5.74) is 0.669. The smallest absolute Gasteiger partial charge is 0.244 e. The standard InChI is InChI=1S/C12H20N6O2S/c1-13-5-3-6-18-10-12(9-14-18)21(19,20)15-8-11-4-7-17(2)16-11/h4,7,9-10,13,15H,3,5-6,8H2,1-2H3. The van der Waals surface area contributed by atoms with Gasteiger partial charge in [0.25, 0.3) is 0 Å². The molecule has 0 aromatic carbocycles. The highest BCUT2D eigenvalue weighted by Gasteiger charge is 2.16. The molecule has 2 rings (SSSR count). The Morgan fingerprint density at radius 3 is 2.86 bits per heavy atom. The molecule has 0 aliphatic rings. The Kier molecular flexibility index (Phi) is 5.10. The van der Waals surface area contributed by atoms with E-state index >= 15 is 0 Å². The third-order valence-electron chi connectivity index (χ3n) is 2.95. The highest BCUT2D eigenvalue weighted by atomic mass is 32.2. The molecule has 8 nitrogen and oxygen atoms in total. The van der Waals surface area contributed by atoms with Gasteiger partial charge < -0.3 is 5.32 Å². The predicted octanol–water partition coefficient (Wildman–Crippen LogP) is -0.295. The van der Waals surface area contributed by atoms with E-state index < -0.39 is 10.0 Å². The Morgan fingerprint density at radius 2 is 2.19 bits per heavy atom. The quantitative estimate of drug-likeness (QED) is 0.653. The molecule has 0 radical (unpaired) electrons. The van der Waals surface area contributed by atoms with Crippen molar-refractivity contribution in [2.45, 2.75) is 24.4 Å². The molecule has 0 aliphatic heterocycles. The van der Waals surface area contributed by atoms with Crippen LogP contribution in [-0.4, -0.2) is 41.6 Å². The fourth-order valence-electron chi connectivity index (χ4n) is 1.83. The summed E-state index contributed by atoms with van der Waals surface area (Å²) in [6.07, 6.45) is 5.55. The zero-order valence-corrected chi connectivity index (χ0v) is 13.0. The van der Waals surface area contributed by atoms with Gasteiger partial charge in [-0.15, -0.1) is 0 Å². The summed E-state index contributed by atoms with van der Waals surface area (Å²) in [5, 5.41) is 11.2. The molecule has 2 N–H and O–H groups in total. The van der Waals surface area contributed by atoms with Crippen molar-refractivity contribution in [3.63, 3.8) is 0 Å². The molecule has 2 aromatic heterocycles. The molecule has 0 aliphatic carbocycles. The minimum atomic E-state index is -3.56. The van der Waals surface area contributed by atoms with E-state index in [1.165, 1.54) is 12.4 Å². The molecule has 2 aromatic rings. The van der Waals surface area contributed by atoms with E-state index in [0.717, 1.165) is 13.0 Å². The third-order valence-corrected chi connectivity index (χ3v) is 4.30. The molecule has 0 unspecified atom stereocenters. The molecule has 21 heavy (non-hydrogen) atoms. The van der Waals surface area contributed by atoms with Crippen molar-refractivity contribution in [3.8, 4) is 0 Å². The van der Waals surface area contributed by atoms with Crippen LogP contribution in [0.3, 0.4) is 0 Å². The maximum absolute atomic E-state index is 12.1. The molecule has 9 heteroatoms. The van der Waals surface area contributed by atoms with Crippen LogP contribution in [-0.2, 0) is 30.2 Å². The van der Waals surface area contributed by atoms with Crippen LogP contribution in [0.4, 0.5) is 0 Å². The first-order chi connectivity index (χ1) is 10.0. The molecule has 116 valence electrons. The topological polar surface area (TPSA) is 93.8 Å². The lowest BCUT2D eigenvalue weighted by atomic mass is 10.4. The second kappa shape index (κ2) is 6.83. The Hall–Kier alpha value is -1.71. The van der Waals surface area contributed by atoms with E-state index in [0.29, 0.717) is 12.2 Å². The first-order valence-electron chi connectivity index (χ1n) is 6.66. The van der Waals surface area contributed by atoms with Crippen LogP contribution in [0.15, 0.2) is 29.6 Å². The van der Waals surface area contributed by atoms with E-state index in [2.05, 4.69) is 20.2 Å². The van der Waals surface area contributed by atoms with Crippen LogP contribution in [0.2, 0.25) is 0 Å². The van der Waals surface area contributed by atoms with Gasteiger partial charge in [-0.05, 0) is 26.1 Å². The van der Waals surface area contributed by atoms with Gasteiger partial charge >= 0.3 is 0 Å². The van der Waals surface area contributed by atoms with E-state index in [-0.39, 0.29) is 11.4 Å². The van der Waals surface area contributed by atoms with Crippen LogP contribution < -0.4 is 10.0 Å². The minimum absolute atomic E-state index is 0.161. The summed E-state index contributed by atoms with van der Waals surface area (Å²) in [6.45, 7) is 1.70. The Bertz CT molecular complexity index is 675. The zero-order chi connectivity index (χ0) is 15.3. The van der Waals surface area contributed by atoms with Gasteiger partial charge in [-0.25, -0.2) is 13.1 Å². The number of aryl methyl sites for hydroxylation is 2. The summed E-state index contributed by atoms with van der Waals surface area (Å²) in [5.74, 6) is 0. The molecule has 0 saturated carbocycles. The molecule has 0 fully saturated rings. The number of hydrogen-bond donors (Lipinski definition) is 2. The van der Waals surface area contributed by atoms with Crippen LogP contribution in [0.5, 0.6) is 0 Å². The van der Waals surface area contributed by atoms with Crippen LogP contribution in [0.1, 0.15) is 12.1 Å². The van der Waals surface area contributed by atoms with E-state index in [4.69, 9.17) is 0 Å². The molecular formula is C12H20N6O2S. The Balaban J connectivity index is 1.95. The van der Waals surface area contributed by atoms with Crippen molar-refractivity contribution in [1.82, 2.24) is 29.6 Å². The van der Waals surface area contributed by atoms with Gasteiger partial charge in [-0.1, -0.05) is 0 Å². The molecule has 0 spiro atoms. The SMILES string of the molecule is CNCCCn1cc(S(=O)(=O)NCc2ccn(C)n2)cn1. The minimum Gasteiger partial charge on any atom is -0.320 e. The summed E-state index contributed by atoms with van der Waals surface area (Å²) in [7, 11) is 0.103. The molecular weight excluding hydrogens is 292 g/mol. The number of hydrogen-bond acceptors (Lipinski definition) is 5. The maximum Gasteiger partial charge on any atom is 0.244 e. The number of aromatic nitrogens is 4. The fourth-order valence-corrected chi connectivity index (χ4v) is 2.78. The summed E-state index contributed by atoms with van der Waals surface area (Å²) in [4.78, 5) is 0.169. The van der Waals surface area contributed by atoms with Crippen LogP contribution >= 0.6 is 0 Å². The van der Waals surface area contributed by atoms with Crippen molar-refractivity contribution in [1.29, 1.82) is 0 Å². The van der Waals surface area contributed by atoms with Gasteiger partial charge in [0.1, 0.15) is 4.90 Å². The largest absolute Gasteiger partial charge is 0.320 e. The van der Waals surface area contributed by atoms with Gasteiger partial charge in [0.15, 0.2) is 0 Å². The van der Waals surface area contributed by atoms with Crippen molar-refractivity contribution in [3.05, 3.63) is 30.4 Å². The summed E-state index contributed by atoms with van der Waals surface area (Å²) in [6, 6.07) is 1.77. The van der Waals surface area contributed by atoms with Crippen molar-refractivity contribution < 1.29 is 8.42 Å². The first-order valence-corrected chi connectivity index (χ1v) is 8.15. The molecule has 0 bridgehead atoms. The van der Waals surface area contributed by atoms with E-state index in [1.807, 2.05) is 7.05 Å². The average Bonchev–Trinajstić information content (AvgIpc) is 3.06. The van der Waals surface area contributed by atoms with E-state index in [9.17, 15) is 8.42 Å². The second-order valence-electron chi connectivity index (χ2n) is 4.70. The van der Waals surface area contributed by atoms with Crippen molar-refractivity contribution in [2.24, 2.45) is 7.05 Å². The van der Waals surface area contributed by atoms with Crippen LogP contribution in [0.25, 0.3) is 0 Å². The lowest BCUT2D eigenvalue weighted by Gasteiger charge is -2.03. The number of rotatable bonds is 8. The van der Waals surface area contributed by atoms with Gasteiger partial charge in [-0.2, -0.15) is 10.2 Å². The average molecular weight is 312 g/mol. The van der Waals surface area contributed by atoms with Gasteiger partial charge in [0.2, 0.25) is 10.0 Å². The van der Waals surface area contributed by atoms with Gasteiger partial charge in [-0.3, -0.25) is 9.36 Å². The lowest BCUT2D eigenvalue weighted by Crippen LogP contribution is -2.23. The maximum atomic E-state index is 12.1. The third kappa shape index (κ3) is 4.38. The Labute approximate surface area is 124 Å². The van der Waals surface area contributed by atoms with Crippen LogP contribution in [0, 0.1) is 0 Å². The zero-order valence-electron chi connectivity index (χ0n) is 12.2. The molecule has 0 amide bonds. The Morgan fingerprint density at radius 1 is 1.38 bits per heavy atom. The highest BCUT2D eigenvalue weighted by Crippen LogP contribution is 2.08. The predicted molar refractivity (Wildman–Crippen MR) is 78.0 cm³/mol. The molecule has 0 saturated heterocycles. The van der Waals surface area contributed by atoms with E-state index in [1.54, 1.807) is 28.7 Å². The number of nitrogens with one attached hydrogen (secondary N) is 2. The summed E-state index contributed by atoms with van der Waals surface area (Å²) >= 11 is 0. The highest BCUT2D eigenvalue weighted by molar-refractivity contribution is 7.89. The lowest BCUT2D eigenvalue weighted by molar-refractivity contribution is 0.560.